The molecule has 90 valence electrons. The molecular weight excluding hydrogens is 288 g/mol. The number of rotatable bonds is 0. The first-order valence-electron chi connectivity index (χ1n) is 5.96. The summed E-state index contributed by atoms with van der Waals surface area (Å²) in [6, 6.07) is 13.9. The van der Waals surface area contributed by atoms with Gasteiger partial charge < -0.3 is 0 Å². The minimum absolute atomic E-state index is 0.124. The van der Waals surface area contributed by atoms with Crippen LogP contribution in [0.2, 0.25) is 0 Å². The average Bonchev–Trinajstić information content (AvgIpc) is 2.36. The summed E-state index contributed by atoms with van der Waals surface area (Å²) in [5.41, 5.74) is 3.74. The lowest BCUT2D eigenvalue weighted by Crippen LogP contribution is -2.30. The van der Waals surface area contributed by atoms with Gasteiger partial charge in [0.05, 0.1) is 0 Å². The van der Waals surface area contributed by atoms with Gasteiger partial charge in [0.2, 0.25) is 0 Å². The lowest BCUT2D eigenvalue weighted by molar-refractivity contribution is 0.103. The summed E-state index contributed by atoms with van der Waals surface area (Å²) in [5, 5.41) is 0. The summed E-state index contributed by atoms with van der Waals surface area (Å²) in [6.07, 6.45) is 0. The van der Waals surface area contributed by atoms with Gasteiger partial charge in [-0.2, -0.15) is 0 Å². The van der Waals surface area contributed by atoms with Gasteiger partial charge >= 0.3 is 0 Å². The van der Waals surface area contributed by atoms with Crippen molar-refractivity contribution >= 4 is 21.7 Å². The van der Waals surface area contributed by atoms with E-state index >= 15 is 0 Å². The molecule has 0 saturated heterocycles. The molecule has 0 radical (unpaired) electrons. The van der Waals surface area contributed by atoms with Gasteiger partial charge in [0, 0.05) is 21.0 Å². The summed E-state index contributed by atoms with van der Waals surface area (Å²) in [4.78, 5) is 12.5. The Morgan fingerprint density at radius 3 is 2.39 bits per heavy atom. The number of carbonyl (C=O) groups is 1. The van der Waals surface area contributed by atoms with E-state index in [-0.39, 0.29) is 11.2 Å². The second kappa shape index (κ2) is 3.79. The molecule has 0 atom stereocenters. The van der Waals surface area contributed by atoms with Crippen molar-refractivity contribution in [2.45, 2.75) is 19.3 Å². The number of hydrogen-bond acceptors (Lipinski definition) is 1. The lowest BCUT2D eigenvalue weighted by Gasteiger charge is -2.34. The van der Waals surface area contributed by atoms with E-state index in [1.165, 1.54) is 0 Å². The van der Waals surface area contributed by atoms with Gasteiger partial charge in [-0.25, -0.2) is 0 Å². The topological polar surface area (TPSA) is 17.1 Å². The molecular formula is C16H13BrO. The zero-order valence-corrected chi connectivity index (χ0v) is 11.9. The molecule has 1 aliphatic rings. The van der Waals surface area contributed by atoms with Gasteiger partial charge in [0.25, 0.3) is 0 Å². The van der Waals surface area contributed by atoms with Gasteiger partial charge in [0.15, 0.2) is 5.78 Å². The molecule has 0 saturated carbocycles. The molecule has 2 aromatic rings. The molecule has 0 aliphatic heterocycles. The van der Waals surface area contributed by atoms with Crippen LogP contribution in [0.1, 0.15) is 40.9 Å². The Morgan fingerprint density at radius 2 is 1.61 bits per heavy atom. The molecule has 0 N–H and O–H groups in total. The van der Waals surface area contributed by atoms with Crippen LogP contribution < -0.4 is 0 Å². The third kappa shape index (κ3) is 1.49. The predicted octanol–water partition coefficient (Wildman–Crippen LogP) is 4.32. The predicted molar refractivity (Wildman–Crippen MR) is 76.1 cm³/mol. The van der Waals surface area contributed by atoms with Gasteiger partial charge in [-0.1, -0.05) is 60.1 Å². The maximum Gasteiger partial charge on any atom is 0.193 e. The maximum atomic E-state index is 12.5. The highest BCUT2D eigenvalue weighted by Crippen LogP contribution is 2.41. The van der Waals surface area contributed by atoms with Crippen LogP contribution in [-0.4, -0.2) is 5.78 Å². The van der Waals surface area contributed by atoms with Crippen molar-refractivity contribution in [3.05, 3.63) is 69.2 Å². The van der Waals surface area contributed by atoms with Crippen LogP contribution in [0, 0.1) is 0 Å². The minimum Gasteiger partial charge on any atom is -0.289 e. The number of fused-ring (bicyclic) bond motifs is 2. The van der Waals surface area contributed by atoms with E-state index in [0.717, 1.165) is 26.7 Å². The van der Waals surface area contributed by atoms with Crippen LogP contribution in [0.25, 0.3) is 0 Å². The maximum absolute atomic E-state index is 12.5. The molecule has 0 spiro atoms. The van der Waals surface area contributed by atoms with Crippen LogP contribution in [0.15, 0.2) is 46.9 Å². The molecule has 0 heterocycles. The molecule has 2 aromatic carbocycles. The van der Waals surface area contributed by atoms with E-state index in [0.29, 0.717) is 0 Å². The van der Waals surface area contributed by atoms with E-state index in [9.17, 15) is 4.79 Å². The second-order valence-corrected chi connectivity index (χ2v) is 6.11. The Balaban J connectivity index is 2.37. The van der Waals surface area contributed by atoms with Crippen LogP contribution in [0.3, 0.4) is 0 Å². The van der Waals surface area contributed by atoms with Crippen LogP contribution in [0.5, 0.6) is 0 Å². The number of benzene rings is 2. The summed E-state index contributed by atoms with van der Waals surface area (Å²) in [7, 11) is 0. The largest absolute Gasteiger partial charge is 0.289 e. The lowest BCUT2D eigenvalue weighted by atomic mass is 9.68. The molecule has 0 fully saturated rings. The molecule has 1 nitrogen and oxygen atoms in total. The van der Waals surface area contributed by atoms with Crippen molar-refractivity contribution in [2.75, 3.05) is 0 Å². The van der Waals surface area contributed by atoms with Crippen molar-refractivity contribution < 1.29 is 4.79 Å². The standard InChI is InChI=1S/C16H13BrO/c1-16(2)13-6-4-3-5-11(13)15(18)12-9-10(17)7-8-14(12)16/h3-9H,1-2H3. The zero-order chi connectivity index (χ0) is 12.9. The molecule has 0 amide bonds. The number of hydrogen-bond donors (Lipinski definition) is 0. The van der Waals surface area contributed by atoms with Crippen molar-refractivity contribution in [1.29, 1.82) is 0 Å². The van der Waals surface area contributed by atoms with E-state index in [2.05, 4.69) is 35.8 Å². The van der Waals surface area contributed by atoms with Crippen molar-refractivity contribution in [3.8, 4) is 0 Å². The van der Waals surface area contributed by atoms with E-state index < -0.39 is 0 Å². The third-order valence-corrected chi connectivity index (χ3v) is 4.24. The molecule has 2 heteroatoms. The fraction of sp³-hybridized carbons (Fsp3) is 0.188. The Labute approximate surface area is 115 Å². The van der Waals surface area contributed by atoms with E-state index in [1.54, 1.807) is 0 Å². The Kier molecular flexibility index (Phi) is 2.46. The first kappa shape index (κ1) is 11.7. The summed E-state index contributed by atoms with van der Waals surface area (Å²) < 4.78 is 0.949. The number of ketones is 1. The molecule has 3 rings (SSSR count). The molecule has 0 bridgehead atoms. The van der Waals surface area contributed by atoms with Crippen LogP contribution in [-0.2, 0) is 5.41 Å². The molecule has 18 heavy (non-hydrogen) atoms. The van der Waals surface area contributed by atoms with Crippen molar-refractivity contribution in [1.82, 2.24) is 0 Å². The normalized spacial score (nSPS) is 16.1. The quantitative estimate of drug-likeness (QED) is 0.708. The molecule has 1 aliphatic carbocycles. The fourth-order valence-corrected chi connectivity index (χ4v) is 3.13. The summed E-state index contributed by atoms with van der Waals surface area (Å²) >= 11 is 3.44. The zero-order valence-electron chi connectivity index (χ0n) is 10.3. The summed E-state index contributed by atoms with van der Waals surface area (Å²) in [6.45, 7) is 4.34. The highest BCUT2D eigenvalue weighted by molar-refractivity contribution is 9.10. The van der Waals surface area contributed by atoms with E-state index in [1.807, 2.05) is 36.4 Å². The van der Waals surface area contributed by atoms with Crippen molar-refractivity contribution in [3.63, 3.8) is 0 Å². The Morgan fingerprint density at radius 1 is 0.944 bits per heavy atom. The van der Waals surface area contributed by atoms with Crippen LogP contribution >= 0.6 is 15.9 Å². The molecule has 0 unspecified atom stereocenters. The van der Waals surface area contributed by atoms with Gasteiger partial charge in [-0.3, -0.25) is 4.79 Å². The van der Waals surface area contributed by atoms with Gasteiger partial charge in [-0.15, -0.1) is 0 Å². The minimum atomic E-state index is -0.124. The average molecular weight is 301 g/mol. The first-order chi connectivity index (χ1) is 8.51. The van der Waals surface area contributed by atoms with E-state index in [4.69, 9.17) is 0 Å². The number of halogens is 1. The second-order valence-electron chi connectivity index (χ2n) is 5.19. The number of carbonyl (C=O) groups excluding carboxylic acids is 1. The smallest absolute Gasteiger partial charge is 0.193 e. The Hall–Kier alpha value is -1.41. The summed E-state index contributed by atoms with van der Waals surface area (Å²) in [5.74, 6) is 0.126. The fourth-order valence-electron chi connectivity index (χ4n) is 2.77. The highest BCUT2D eigenvalue weighted by Gasteiger charge is 2.36. The SMILES string of the molecule is CC1(C)c2ccccc2C(=O)c2cc(Br)ccc21. The molecule has 0 aromatic heterocycles. The monoisotopic (exact) mass is 300 g/mol. The van der Waals surface area contributed by atoms with Gasteiger partial charge in [-0.05, 0) is 23.3 Å². The first-order valence-corrected chi connectivity index (χ1v) is 6.75. The highest BCUT2D eigenvalue weighted by atomic mass is 79.9. The Bertz CT molecular complexity index is 656. The van der Waals surface area contributed by atoms with Gasteiger partial charge in [0.1, 0.15) is 0 Å². The third-order valence-electron chi connectivity index (χ3n) is 3.74. The van der Waals surface area contributed by atoms with Crippen LogP contribution in [0.4, 0.5) is 0 Å². The van der Waals surface area contributed by atoms with Crippen molar-refractivity contribution in [2.24, 2.45) is 0 Å².